The highest BCUT2D eigenvalue weighted by molar-refractivity contribution is 5.98. The molecule has 0 fully saturated rings. The van der Waals surface area contributed by atoms with Gasteiger partial charge in [-0.1, -0.05) is 30.3 Å². The lowest BCUT2D eigenvalue weighted by atomic mass is 10.0. The van der Waals surface area contributed by atoms with E-state index in [0.717, 1.165) is 6.07 Å². The van der Waals surface area contributed by atoms with E-state index in [2.05, 4.69) is 0 Å². The average Bonchev–Trinajstić information content (AvgIpc) is 2.39. The molecule has 0 aromatic heterocycles. The van der Waals surface area contributed by atoms with Gasteiger partial charge in [0.25, 0.3) is 0 Å². The Morgan fingerprint density at radius 2 is 1.75 bits per heavy atom. The van der Waals surface area contributed by atoms with Gasteiger partial charge in [-0.05, 0) is 11.6 Å². The van der Waals surface area contributed by atoms with E-state index < -0.39 is 33.6 Å². The lowest BCUT2D eigenvalue weighted by Gasteiger charge is -2.05. The summed E-state index contributed by atoms with van der Waals surface area (Å²) in [6, 6.07) is 9.79. The summed E-state index contributed by atoms with van der Waals surface area (Å²) in [4.78, 5) is 21.5. The van der Waals surface area contributed by atoms with Crippen molar-refractivity contribution in [2.45, 2.75) is 6.42 Å². The molecule has 0 unspecified atom stereocenters. The van der Waals surface area contributed by atoms with Crippen LogP contribution in [0, 0.1) is 21.7 Å². The molecule has 0 saturated heterocycles. The van der Waals surface area contributed by atoms with Gasteiger partial charge >= 0.3 is 5.69 Å². The Labute approximate surface area is 112 Å². The molecule has 102 valence electrons. The van der Waals surface area contributed by atoms with Crippen LogP contribution in [0.4, 0.5) is 14.5 Å². The lowest BCUT2D eigenvalue weighted by molar-refractivity contribution is -0.387. The first-order valence-corrected chi connectivity index (χ1v) is 5.70. The Morgan fingerprint density at radius 3 is 2.35 bits per heavy atom. The summed E-state index contributed by atoms with van der Waals surface area (Å²) in [6.45, 7) is 0. The number of ketones is 1. The smallest absolute Gasteiger partial charge is 0.294 e. The molecule has 2 aromatic rings. The van der Waals surface area contributed by atoms with Crippen molar-refractivity contribution in [1.29, 1.82) is 0 Å². The highest BCUT2D eigenvalue weighted by Gasteiger charge is 2.25. The van der Waals surface area contributed by atoms with E-state index >= 15 is 0 Å². The molecule has 0 saturated carbocycles. The van der Waals surface area contributed by atoms with E-state index in [4.69, 9.17) is 0 Å². The Morgan fingerprint density at radius 1 is 1.10 bits per heavy atom. The zero-order valence-electron chi connectivity index (χ0n) is 10.2. The number of hydrogen-bond donors (Lipinski definition) is 0. The van der Waals surface area contributed by atoms with Gasteiger partial charge in [0, 0.05) is 12.5 Å². The van der Waals surface area contributed by atoms with Crippen LogP contribution in [0.15, 0.2) is 42.5 Å². The fraction of sp³-hybridized carbons (Fsp3) is 0.0714. The zero-order chi connectivity index (χ0) is 14.7. The first kappa shape index (κ1) is 13.8. The third-order valence-corrected chi connectivity index (χ3v) is 2.75. The highest BCUT2D eigenvalue weighted by atomic mass is 19.1. The topological polar surface area (TPSA) is 60.2 Å². The predicted molar refractivity (Wildman–Crippen MR) is 67.5 cm³/mol. The van der Waals surface area contributed by atoms with Crippen LogP contribution in [-0.2, 0) is 6.42 Å². The zero-order valence-corrected chi connectivity index (χ0v) is 10.2. The number of hydrogen-bond acceptors (Lipinski definition) is 3. The first-order chi connectivity index (χ1) is 9.50. The quantitative estimate of drug-likeness (QED) is 0.489. The summed E-state index contributed by atoms with van der Waals surface area (Å²) < 4.78 is 27.4. The standard InChI is InChI=1S/C14H9F2NO3/c15-10-6-7-11(17(19)20)14(16)13(10)12(18)8-9-4-2-1-3-5-9/h1-7H,8H2. The van der Waals surface area contributed by atoms with Gasteiger partial charge in [-0.2, -0.15) is 4.39 Å². The molecule has 0 radical (unpaired) electrons. The minimum Gasteiger partial charge on any atom is -0.294 e. The molecule has 0 heterocycles. The van der Waals surface area contributed by atoms with E-state index in [1.165, 1.54) is 0 Å². The molecule has 0 amide bonds. The van der Waals surface area contributed by atoms with Crippen LogP contribution in [0.5, 0.6) is 0 Å². The van der Waals surface area contributed by atoms with Crippen LogP contribution in [0.2, 0.25) is 0 Å². The average molecular weight is 277 g/mol. The summed E-state index contributed by atoms with van der Waals surface area (Å²) in [5.74, 6) is -3.38. The molecule has 0 aliphatic heterocycles. The molecule has 0 aliphatic rings. The molecule has 6 heteroatoms. The van der Waals surface area contributed by atoms with E-state index in [0.29, 0.717) is 11.6 Å². The monoisotopic (exact) mass is 277 g/mol. The lowest BCUT2D eigenvalue weighted by Crippen LogP contribution is -2.10. The van der Waals surface area contributed by atoms with Crippen molar-refractivity contribution in [3.8, 4) is 0 Å². The van der Waals surface area contributed by atoms with Crippen LogP contribution in [0.1, 0.15) is 15.9 Å². The Hall–Kier alpha value is -2.63. The minimum atomic E-state index is -1.43. The molecular formula is C14H9F2NO3. The van der Waals surface area contributed by atoms with Gasteiger partial charge in [0.15, 0.2) is 5.78 Å². The highest BCUT2D eigenvalue weighted by Crippen LogP contribution is 2.24. The Kier molecular flexibility index (Phi) is 3.84. The fourth-order valence-electron chi connectivity index (χ4n) is 1.81. The SMILES string of the molecule is O=C(Cc1ccccc1)c1c(F)ccc([N+](=O)[O-])c1F. The fourth-order valence-corrected chi connectivity index (χ4v) is 1.81. The third-order valence-electron chi connectivity index (χ3n) is 2.75. The molecule has 2 aromatic carbocycles. The van der Waals surface area contributed by atoms with Gasteiger partial charge in [0.1, 0.15) is 5.82 Å². The summed E-state index contributed by atoms with van der Waals surface area (Å²) in [5, 5.41) is 10.6. The number of rotatable bonds is 4. The minimum absolute atomic E-state index is 0.226. The molecule has 0 spiro atoms. The van der Waals surface area contributed by atoms with Crippen LogP contribution in [0.3, 0.4) is 0 Å². The van der Waals surface area contributed by atoms with Gasteiger partial charge in [-0.3, -0.25) is 14.9 Å². The van der Waals surface area contributed by atoms with Gasteiger partial charge in [-0.15, -0.1) is 0 Å². The number of carbonyl (C=O) groups is 1. The van der Waals surface area contributed by atoms with Gasteiger partial charge < -0.3 is 0 Å². The van der Waals surface area contributed by atoms with Crippen molar-refractivity contribution in [1.82, 2.24) is 0 Å². The van der Waals surface area contributed by atoms with E-state index in [1.807, 2.05) is 0 Å². The number of halogens is 2. The second kappa shape index (κ2) is 5.56. The van der Waals surface area contributed by atoms with Crippen molar-refractivity contribution in [2.24, 2.45) is 0 Å². The maximum Gasteiger partial charge on any atom is 0.305 e. The predicted octanol–water partition coefficient (Wildman–Crippen LogP) is 3.30. The number of carbonyl (C=O) groups excluding carboxylic acids is 1. The molecule has 2 rings (SSSR count). The normalized spacial score (nSPS) is 10.3. The maximum atomic E-state index is 13.8. The second-order valence-corrected chi connectivity index (χ2v) is 4.10. The van der Waals surface area contributed by atoms with Crippen LogP contribution < -0.4 is 0 Å². The molecule has 20 heavy (non-hydrogen) atoms. The summed E-state index contributed by atoms with van der Waals surface area (Å²) in [6.07, 6.45) is -0.226. The first-order valence-electron chi connectivity index (χ1n) is 5.70. The van der Waals surface area contributed by atoms with E-state index in [9.17, 15) is 23.7 Å². The Balaban J connectivity index is 2.39. The molecular weight excluding hydrogens is 268 g/mol. The van der Waals surface area contributed by atoms with Crippen LogP contribution in [-0.4, -0.2) is 10.7 Å². The third kappa shape index (κ3) is 2.69. The van der Waals surface area contributed by atoms with Crippen molar-refractivity contribution < 1.29 is 18.5 Å². The largest absolute Gasteiger partial charge is 0.305 e. The van der Waals surface area contributed by atoms with E-state index in [1.54, 1.807) is 30.3 Å². The summed E-state index contributed by atoms with van der Waals surface area (Å²) in [7, 11) is 0. The molecule has 0 aliphatic carbocycles. The molecule has 0 N–H and O–H groups in total. The molecule has 4 nitrogen and oxygen atoms in total. The summed E-state index contributed by atoms with van der Waals surface area (Å²) >= 11 is 0. The van der Waals surface area contributed by atoms with Gasteiger partial charge in [0.05, 0.1) is 10.5 Å². The maximum absolute atomic E-state index is 13.8. The van der Waals surface area contributed by atoms with Crippen LogP contribution >= 0.6 is 0 Å². The number of nitro benzene ring substituents is 1. The van der Waals surface area contributed by atoms with E-state index in [-0.39, 0.29) is 6.42 Å². The van der Waals surface area contributed by atoms with Crippen molar-refractivity contribution >= 4 is 11.5 Å². The van der Waals surface area contributed by atoms with Crippen LogP contribution in [0.25, 0.3) is 0 Å². The Bertz CT molecular complexity index is 672. The molecule has 0 bridgehead atoms. The summed E-state index contributed by atoms with van der Waals surface area (Å²) in [5.41, 5.74) is -1.21. The van der Waals surface area contributed by atoms with Gasteiger partial charge in [0.2, 0.25) is 5.82 Å². The second-order valence-electron chi connectivity index (χ2n) is 4.10. The van der Waals surface area contributed by atoms with Crippen molar-refractivity contribution in [3.05, 3.63) is 75.3 Å². The number of nitro groups is 1. The van der Waals surface area contributed by atoms with Crippen molar-refractivity contribution in [2.75, 3.05) is 0 Å². The molecule has 0 atom stereocenters. The number of benzene rings is 2. The number of Topliss-reactive ketones (excluding diaryl/α,β-unsaturated/α-hetero) is 1. The number of nitrogens with zero attached hydrogens (tertiary/aromatic N) is 1. The van der Waals surface area contributed by atoms with Gasteiger partial charge in [-0.25, -0.2) is 4.39 Å². The van der Waals surface area contributed by atoms with Crippen molar-refractivity contribution in [3.63, 3.8) is 0 Å².